The highest BCUT2D eigenvalue weighted by Gasteiger charge is 1.90. The summed E-state index contributed by atoms with van der Waals surface area (Å²) >= 11 is 0. The Kier molecular flexibility index (Phi) is 3.42. The molecule has 0 aliphatic carbocycles. The van der Waals surface area contributed by atoms with Crippen LogP contribution in [0.15, 0.2) is 24.3 Å². The number of aromatic amines is 1. The highest BCUT2D eigenvalue weighted by molar-refractivity contribution is 5.72. The molecule has 0 saturated heterocycles. The minimum absolute atomic E-state index is 0.495. The number of hydrogen-bond donors (Lipinski definition) is 3. The molecule has 4 N–H and O–H groups in total. The second kappa shape index (κ2) is 4.80. The Morgan fingerprint density at radius 2 is 1.79 bits per heavy atom. The number of nitrogens with two attached hydrogens (primary N) is 1. The van der Waals surface area contributed by atoms with Crippen molar-refractivity contribution in [3.63, 3.8) is 0 Å². The molecule has 2 aromatic rings. The molecule has 6 heteroatoms. The molecule has 0 spiro atoms. The number of fused-ring (bicyclic) bond motifs is 1. The van der Waals surface area contributed by atoms with Crippen LogP contribution in [0.4, 0.5) is 4.79 Å². The van der Waals surface area contributed by atoms with Gasteiger partial charge in [0.25, 0.3) is 0 Å². The summed E-state index contributed by atoms with van der Waals surface area (Å²) in [6.45, 7) is 0. The summed E-state index contributed by atoms with van der Waals surface area (Å²) < 4.78 is 0. The van der Waals surface area contributed by atoms with E-state index < -0.39 is 6.03 Å². The van der Waals surface area contributed by atoms with E-state index in [1.165, 1.54) is 7.05 Å². The molecule has 1 heterocycles. The number of carbonyl (C=O) groups is 1. The van der Waals surface area contributed by atoms with Gasteiger partial charge in [0, 0.05) is 7.05 Å². The van der Waals surface area contributed by atoms with Crippen molar-refractivity contribution in [1.29, 1.82) is 0 Å². The van der Waals surface area contributed by atoms with E-state index in [0.29, 0.717) is 0 Å². The van der Waals surface area contributed by atoms with Gasteiger partial charge in [-0.15, -0.1) is 0 Å². The van der Waals surface area contributed by atoms with E-state index in [0.717, 1.165) is 11.0 Å². The van der Waals surface area contributed by atoms with Gasteiger partial charge >= 0.3 is 6.03 Å². The first kappa shape index (κ1) is 9.97. The average Bonchev–Trinajstić information content (AvgIpc) is 2.66. The number of urea groups is 1. The number of amides is 2. The third-order valence-corrected chi connectivity index (χ3v) is 1.47. The van der Waals surface area contributed by atoms with E-state index in [9.17, 15) is 4.79 Å². The Morgan fingerprint density at radius 1 is 1.36 bits per heavy atom. The molecule has 0 aliphatic rings. The van der Waals surface area contributed by atoms with E-state index in [2.05, 4.69) is 26.5 Å². The summed E-state index contributed by atoms with van der Waals surface area (Å²) in [6, 6.07) is 7.21. The zero-order chi connectivity index (χ0) is 10.4. The lowest BCUT2D eigenvalue weighted by atomic mass is 10.3. The van der Waals surface area contributed by atoms with Crippen LogP contribution in [0.3, 0.4) is 0 Å². The smallest absolute Gasteiger partial charge is 0.311 e. The van der Waals surface area contributed by atoms with Crippen molar-refractivity contribution >= 4 is 17.1 Å². The molecule has 2 rings (SSSR count). The molecular formula is C8H11N5O. The molecule has 6 nitrogen and oxygen atoms in total. The monoisotopic (exact) mass is 193 g/mol. The zero-order valence-electron chi connectivity index (χ0n) is 7.69. The number of aromatic nitrogens is 3. The SMILES string of the molecule is CNC(N)=O.c1ccc2n[nH]nc2c1. The van der Waals surface area contributed by atoms with Crippen LogP contribution in [0.1, 0.15) is 0 Å². The Hall–Kier alpha value is -2.11. The van der Waals surface area contributed by atoms with E-state index in [-0.39, 0.29) is 0 Å². The summed E-state index contributed by atoms with van der Waals surface area (Å²) in [5.41, 5.74) is 6.37. The molecule has 0 radical (unpaired) electrons. The number of carbonyl (C=O) groups excluding carboxylic acids is 1. The van der Waals surface area contributed by atoms with Crippen LogP contribution in [-0.2, 0) is 0 Å². The first-order valence-electron chi connectivity index (χ1n) is 3.96. The van der Waals surface area contributed by atoms with Gasteiger partial charge in [0.2, 0.25) is 0 Å². The van der Waals surface area contributed by atoms with Crippen molar-refractivity contribution in [2.45, 2.75) is 0 Å². The van der Waals surface area contributed by atoms with E-state index in [1.54, 1.807) is 0 Å². The van der Waals surface area contributed by atoms with Gasteiger partial charge in [-0.2, -0.15) is 15.4 Å². The number of hydrogen-bond acceptors (Lipinski definition) is 3. The normalized spacial score (nSPS) is 8.93. The minimum Gasteiger partial charge on any atom is -0.352 e. The van der Waals surface area contributed by atoms with Crippen molar-refractivity contribution in [2.75, 3.05) is 7.05 Å². The third kappa shape index (κ3) is 2.74. The summed E-state index contributed by atoms with van der Waals surface area (Å²) in [5.74, 6) is 0. The fourth-order valence-corrected chi connectivity index (χ4v) is 0.786. The Morgan fingerprint density at radius 3 is 2.14 bits per heavy atom. The van der Waals surface area contributed by atoms with Crippen LogP contribution in [0.2, 0.25) is 0 Å². The van der Waals surface area contributed by atoms with Crippen LogP contribution in [-0.4, -0.2) is 28.5 Å². The predicted molar refractivity (Wildman–Crippen MR) is 52.5 cm³/mol. The predicted octanol–water partition coefficient (Wildman–Crippen LogP) is 0.242. The quantitative estimate of drug-likeness (QED) is 0.559. The van der Waals surface area contributed by atoms with Gasteiger partial charge in [-0.25, -0.2) is 4.79 Å². The first-order valence-corrected chi connectivity index (χ1v) is 3.96. The number of nitrogens with one attached hydrogen (secondary N) is 2. The first-order chi connectivity index (χ1) is 6.74. The summed E-state index contributed by atoms with van der Waals surface area (Å²) in [4.78, 5) is 9.48. The van der Waals surface area contributed by atoms with Gasteiger partial charge in [-0.05, 0) is 12.1 Å². The number of para-hydroxylation sites is 2. The Balaban J connectivity index is 0.000000171. The molecule has 14 heavy (non-hydrogen) atoms. The second-order valence-electron chi connectivity index (χ2n) is 2.43. The maximum Gasteiger partial charge on any atom is 0.311 e. The molecule has 0 aliphatic heterocycles. The van der Waals surface area contributed by atoms with Crippen LogP contribution in [0.5, 0.6) is 0 Å². The molecular weight excluding hydrogens is 182 g/mol. The molecule has 0 unspecified atom stereocenters. The number of benzene rings is 1. The summed E-state index contributed by atoms with van der Waals surface area (Å²) in [5, 5.41) is 12.5. The van der Waals surface area contributed by atoms with Gasteiger partial charge in [0.1, 0.15) is 11.0 Å². The minimum atomic E-state index is -0.495. The van der Waals surface area contributed by atoms with Crippen LogP contribution in [0.25, 0.3) is 11.0 Å². The molecule has 0 atom stereocenters. The highest BCUT2D eigenvalue weighted by Crippen LogP contribution is 2.03. The zero-order valence-corrected chi connectivity index (χ0v) is 7.69. The van der Waals surface area contributed by atoms with Gasteiger partial charge in [0.05, 0.1) is 0 Å². The molecule has 2 amide bonds. The van der Waals surface area contributed by atoms with Crippen LogP contribution < -0.4 is 11.1 Å². The molecule has 1 aromatic carbocycles. The number of nitrogens with zero attached hydrogens (tertiary/aromatic N) is 2. The van der Waals surface area contributed by atoms with Gasteiger partial charge < -0.3 is 11.1 Å². The topological polar surface area (TPSA) is 96.7 Å². The summed E-state index contributed by atoms with van der Waals surface area (Å²) in [7, 11) is 1.47. The van der Waals surface area contributed by atoms with Crippen LogP contribution >= 0.6 is 0 Å². The summed E-state index contributed by atoms with van der Waals surface area (Å²) in [6.07, 6.45) is 0. The fraction of sp³-hybridized carbons (Fsp3) is 0.125. The number of H-pyrrole nitrogens is 1. The van der Waals surface area contributed by atoms with Crippen molar-refractivity contribution in [2.24, 2.45) is 5.73 Å². The largest absolute Gasteiger partial charge is 0.352 e. The van der Waals surface area contributed by atoms with Crippen molar-refractivity contribution in [3.05, 3.63) is 24.3 Å². The van der Waals surface area contributed by atoms with Gasteiger partial charge in [-0.1, -0.05) is 12.1 Å². The molecule has 0 fully saturated rings. The van der Waals surface area contributed by atoms with Crippen LogP contribution in [0, 0.1) is 0 Å². The average molecular weight is 193 g/mol. The third-order valence-electron chi connectivity index (χ3n) is 1.47. The van der Waals surface area contributed by atoms with Gasteiger partial charge in [0.15, 0.2) is 0 Å². The van der Waals surface area contributed by atoms with E-state index in [4.69, 9.17) is 0 Å². The van der Waals surface area contributed by atoms with Gasteiger partial charge in [-0.3, -0.25) is 0 Å². The Bertz CT molecular complexity index is 381. The molecule has 0 saturated carbocycles. The Labute approximate surface area is 80.5 Å². The van der Waals surface area contributed by atoms with Crippen molar-refractivity contribution < 1.29 is 4.79 Å². The number of primary amides is 1. The molecule has 0 bridgehead atoms. The lowest BCUT2D eigenvalue weighted by molar-refractivity contribution is 0.251. The standard InChI is InChI=1S/C6H5N3.C2H6N2O/c1-2-4-6-5(3-1)7-9-8-6;1-4-2(3)5/h1-4H,(H,7,8,9);1H3,(H3,3,4,5). The lowest BCUT2D eigenvalue weighted by Gasteiger charge is -1.80. The maximum atomic E-state index is 9.48. The molecule has 1 aromatic heterocycles. The molecule has 74 valence electrons. The fourth-order valence-electron chi connectivity index (χ4n) is 0.786. The second-order valence-corrected chi connectivity index (χ2v) is 2.43. The van der Waals surface area contributed by atoms with Crippen molar-refractivity contribution in [3.8, 4) is 0 Å². The van der Waals surface area contributed by atoms with E-state index in [1.807, 2.05) is 24.3 Å². The number of rotatable bonds is 0. The lowest BCUT2D eigenvalue weighted by Crippen LogP contribution is -2.24. The highest BCUT2D eigenvalue weighted by atomic mass is 16.2. The maximum absolute atomic E-state index is 9.48. The van der Waals surface area contributed by atoms with E-state index >= 15 is 0 Å². The van der Waals surface area contributed by atoms with Crippen molar-refractivity contribution in [1.82, 2.24) is 20.7 Å².